The van der Waals surface area contributed by atoms with Crippen molar-refractivity contribution < 1.29 is 9.47 Å². The molecule has 0 spiro atoms. The number of ether oxygens (including phenoxy) is 2. The standard InChI is InChI=1S/C22H31NO2/c1-14(2)19-22(5,6)21(25-20(24-19)15(3)4)23-18-13-9-11-16-10-7-8-12-17(16)18/h7-15,19-21,23H,1-6H3/t19-,20-,21-/m1/s1. The number of benzene rings is 2. The van der Waals surface area contributed by atoms with E-state index in [1.165, 1.54) is 10.8 Å². The molecule has 0 bridgehead atoms. The van der Waals surface area contributed by atoms with Crippen molar-refractivity contribution in [2.45, 2.75) is 60.2 Å². The van der Waals surface area contributed by atoms with E-state index in [2.05, 4.69) is 89.3 Å². The van der Waals surface area contributed by atoms with Crippen LogP contribution in [-0.4, -0.2) is 18.6 Å². The summed E-state index contributed by atoms with van der Waals surface area (Å²) in [6, 6.07) is 14.8. The van der Waals surface area contributed by atoms with Crippen LogP contribution < -0.4 is 5.32 Å². The second kappa shape index (κ2) is 6.97. The molecular formula is C22H31NO2. The molecule has 2 aromatic rings. The minimum atomic E-state index is -0.187. The fourth-order valence-corrected chi connectivity index (χ4v) is 3.85. The summed E-state index contributed by atoms with van der Waals surface area (Å²) in [5.41, 5.74) is 0.972. The van der Waals surface area contributed by atoms with E-state index < -0.39 is 0 Å². The van der Waals surface area contributed by atoms with E-state index in [0.29, 0.717) is 11.8 Å². The molecule has 2 aromatic carbocycles. The van der Waals surface area contributed by atoms with E-state index in [9.17, 15) is 0 Å². The molecule has 1 fully saturated rings. The van der Waals surface area contributed by atoms with Gasteiger partial charge in [-0.05, 0) is 17.4 Å². The van der Waals surface area contributed by atoms with E-state index in [4.69, 9.17) is 9.47 Å². The van der Waals surface area contributed by atoms with Gasteiger partial charge in [-0.25, -0.2) is 0 Å². The van der Waals surface area contributed by atoms with Crippen molar-refractivity contribution in [2.75, 3.05) is 5.32 Å². The Morgan fingerprint density at radius 3 is 2.24 bits per heavy atom. The van der Waals surface area contributed by atoms with E-state index in [1.54, 1.807) is 0 Å². The fraction of sp³-hybridized carbons (Fsp3) is 0.545. The molecule has 0 saturated carbocycles. The normalized spacial score (nSPS) is 26.3. The van der Waals surface area contributed by atoms with Crippen LogP contribution in [0, 0.1) is 17.3 Å². The van der Waals surface area contributed by atoms with Crippen molar-refractivity contribution in [3.8, 4) is 0 Å². The molecule has 1 N–H and O–H groups in total. The van der Waals surface area contributed by atoms with Crippen LogP contribution in [0.5, 0.6) is 0 Å². The monoisotopic (exact) mass is 341 g/mol. The second-order valence-electron chi connectivity index (χ2n) is 8.42. The first-order valence-electron chi connectivity index (χ1n) is 9.36. The fourth-order valence-electron chi connectivity index (χ4n) is 3.85. The molecule has 1 heterocycles. The van der Waals surface area contributed by atoms with Gasteiger partial charge < -0.3 is 14.8 Å². The van der Waals surface area contributed by atoms with Crippen molar-refractivity contribution in [1.82, 2.24) is 0 Å². The Kier molecular flexibility index (Phi) is 5.08. The highest BCUT2D eigenvalue weighted by Gasteiger charge is 2.47. The summed E-state index contributed by atoms with van der Waals surface area (Å²) >= 11 is 0. The van der Waals surface area contributed by atoms with Gasteiger partial charge in [-0.2, -0.15) is 0 Å². The average Bonchev–Trinajstić information content (AvgIpc) is 2.56. The molecule has 0 radical (unpaired) electrons. The quantitative estimate of drug-likeness (QED) is 0.778. The molecule has 3 heteroatoms. The molecule has 25 heavy (non-hydrogen) atoms. The molecule has 1 aliphatic rings. The number of fused-ring (bicyclic) bond motifs is 1. The molecule has 0 aliphatic carbocycles. The Balaban J connectivity index is 1.95. The number of nitrogens with one attached hydrogen (secondary N) is 1. The topological polar surface area (TPSA) is 30.5 Å². The summed E-state index contributed by atoms with van der Waals surface area (Å²) in [5.74, 6) is 0.742. The van der Waals surface area contributed by atoms with Crippen molar-refractivity contribution in [3.05, 3.63) is 42.5 Å². The number of hydrogen-bond acceptors (Lipinski definition) is 3. The van der Waals surface area contributed by atoms with Gasteiger partial charge in [0.15, 0.2) is 6.29 Å². The number of anilines is 1. The van der Waals surface area contributed by atoms with Crippen LogP contribution in [0.25, 0.3) is 10.8 Å². The van der Waals surface area contributed by atoms with Crippen LogP contribution in [0.3, 0.4) is 0 Å². The Labute approximate surface area is 151 Å². The summed E-state index contributed by atoms with van der Waals surface area (Å²) in [6.07, 6.45) is -0.152. The molecule has 1 saturated heterocycles. The van der Waals surface area contributed by atoms with E-state index in [1.807, 2.05) is 0 Å². The Bertz CT molecular complexity index is 718. The van der Waals surface area contributed by atoms with Gasteiger partial charge in [0.2, 0.25) is 0 Å². The Morgan fingerprint density at radius 1 is 0.880 bits per heavy atom. The molecule has 3 atom stereocenters. The third-order valence-corrected chi connectivity index (χ3v) is 5.19. The first kappa shape index (κ1) is 18.2. The molecule has 0 aromatic heterocycles. The molecular weight excluding hydrogens is 310 g/mol. The zero-order valence-corrected chi connectivity index (χ0v) is 16.2. The number of hydrogen-bond donors (Lipinski definition) is 1. The zero-order chi connectivity index (χ0) is 18.2. The summed E-state index contributed by atoms with van der Waals surface area (Å²) in [6.45, 7) is 13.2. The van der Waals surface area contributed by atoms with Gasteiger partial charge in [0, 0.05) is 22.4 Å². The van der Waals surface area contributed by atoms with Crippen molar-refractivity contribution in [1.29, 1.82) is 0 Å². The third kappa shape index (κ3) is 3.54. The summed E-state index contributed by atoms with van der Waals surface area (Å²) in [4.78, 5) is 0. The lowest BCUT2D eigenvalue weighted by Crippen LogP contribution is -2.57. The van der Waals surface area contributed by atoms with Crippen LogP contribution in [0.2, 0.25) is 0 Å². The van der Waals surface area contributed by atoms with Crippen LogP contribution in [0.15, 0.2) is 42.5 Å². The Hall–Kier alpha value is -1.58. The van der Waals surface area contributed by atoms with Crippen LogP contribution in [0.4, 0.5) is 5.69 Å². The van der Waals surface area contributed by atoms with Crippen LogP contribution >= 0.6 is 0 Å². The minimum absolute atomic E-state index is 0.105. The lowest BCUT2D eigenvalue weighted by molar-refractivity contribution is -0.308. The van der Waals surface area contributed by atoms with Crippen LogP contribution in [-0.2, 0) is 9.47 Å². The molecule has 136 valence electrons. The number of rotatable bonds is 4. The molecule has 0 unspecified atom stereocenters. The first-order chi connectivity index (χ1) is 11.8. The highest BCUT2D eigenvalue weighted by Crippen LogP contribution is 2.41. The second-order valence-corrected chi connectivity index (χ2v) is 8.42. The predicted molar refractivity (Wildman–Crippen MR) is 105 cm³/mol. The minimum Gasteiger partial charge on any atom is -0.359 e. The van der Waals surface area contributed by atoms with Crippen molar-refractivity contribution in [3.63, 3.8) is 0 Å². The SMILES string of the molecule is CC(C)[C@H]1O[C@@H](Nc2cccc3ccccc23)C(C)(C)[C@@H](C(C)C)O1. The maximum atomic E-state index is 6.36. The maximum Gasteiger partial charge on any atom is 0.162 e. The van der Waals surface area contributed by atoms with Gasteiger partial charge >= 0.3 is 0 Å². The van der Waals surface area contributed by atoms with Gasteiger partial charge in [-0.1, -0.05) is 77.9 Å². The molecule has 3 nitrogen and oxygen atoms in total. The predicted octanol–water partition coefficient (Wildman–Crippen LogP) is 5.66. The first-order valence-corrected chi connectivity index (χ1v) is 9.36. The summed E-state index contributed by atoms with van der Waals surface area (Å²) in [7, 11) is 0. The van der Waals surface area contributed by atoms with Gasteiger partial charge in [0.25, 0.3) is 0 Å². The largest absolute Gasteiger partial charge is 0.359 e. The highest BCUT2D eigenvalue weighted by atomic mass is 16.7. The lowest BCUT2D eigenvalue weighted by atomic mass is 9.77. The molecule has 1 aliphatic heterocycles. The van der Waals surface area contributed by atoms with Crippen LogP contribution in [0.1, 0.15) is 41.5 Å². The van der Waals surface area contributed by atoms with Crippen molar-refractivity contribution >= 4 is 16.5 Å². The molecule has 3 rings (SSSR count). The van der Waals surface area contributed by atoms with Gasteiger partial charge in [0.05, 0.1) is 6.10 Å². The van der Waals surface area contributed by atoms with Gasteiger partial charge in [-0.3, -0.25) is 0 Å². The zero-order valence-electron chi connectivity index (χ0n) is 16.2. The highest BCUT2D eigenvalue weighted by molar-refractivity contribution is 5.93. The lowest BCUT2D eigenvalue weighted by Gasteiger charge is -2.50. The maximum absolute atomic E-state index is 6.36. The molecule has 0 amide bonds. The van der Waals surface area contributed by atoms with Gasteiger partial charge in [0.1, 0.15) is 6.23 Å². The average molecular weight is 341 g/mol. The Morgan fingerprint density at radius 2 is 1.56 bits per heavy atom. The summed E-state index contributed by atoms with van der Waals surface area (Å²) < 4.78 is 12.7. The van der Waals surface area contributed by atoms with E-state index in [0.717, 1.165) is 5.69 Å². The third-order valence-electron chi connectivity index (χ3n) is 5.19. The smallest absolute Gasteiger partial charge is 0.162 e. The van der Waals surface area contributed by atoms with E-state index >= 15 is 0 Å². The van der Waals surface area contributed by atoms with Gasteiger partial charge in [-0.15, -0.1) is 0 Å². The summed E-state index contributed by atoms with van der Waals surface area (Å²) in [5, 5.41) is 6.14. The van der Waals surface area contributed by atoms with Crippen molar-refractivity contribution in [2.24, 2.45) is 17.3 Å². The van der Waals surface area contributed by atoms with E-state index in [-0.39, 0.29) is 24.0 Å².